The normalized spacial score (nSPS) is 13.8. The minimum Gasteiger partial charge on any atom is -0.356 e. The Morgan fingerprint density at radius 2 is 2.07 bits per heavy atom. The van der Waals surface area contributed by atoms with Gasteiger partial charge in [0.1, 0.15) is 0 Å². The third-order valence-electron chi connectivity index (χ3n) is 1.55. The van der Waals surface area contributed by atoms with E-state index >= 15 is 0 Å². The van der Waals surface area contributed by atoms with Crippen molar-refractivity contribution in [2.24, 2.45) is 5.92 Å². The standard InChI is InChI=1S/C8H13BrF3NO/c1-6(4-9)5-13-7(14)2-3-8(10,11)12/h6H,2-5H2,1H3,(H,13,14). The van der Waals surface area contributed by atoms with Gasteiger partial charge in [0.2, 0.25) is 5.91 Å². The first-order valence-electron chi connectivity index (χ1n) is 4.24. The van der Waals surface area contributed by atoms with Crippen LogP contribution >= 0.6 is 15.9 Å². The molecule has 0 aromatic heterocycles. The van der Waals surface area contributed by atoms with E-state index in [9.17, 15) is 18.0 Å². The lowest BCUT2D eigenvalue weighted by molar-refractivity contribution is -0.144. The van der Waals surface area contributed by atoms with Crippen LogP contribution in [0.15, 0.2) is 0 Å². The number of rotatable bonds is 5. The minimum atomic E-state index is -4.25. The second-order valence-corrected chi connectivity index (χ2v) is 3.83. The molecule has 0 heterocycles. The van der Waals surface area contributed by atoms with Crippen LogP contribution in [0.5, 0.6) is 0 Å². The molecule has 84 valence electrons. The molecule has 0 aromatic carbocycles. The molecule has 1 unspecified atom stereocenters. The summed E-state index contributed by atoms with van der Waals surface area (Å²) in [6, 6.07) is 0. The van der Waals surface area contributed by atoms with E-state index in [1.807, 2.05) is 6.92 Å². The highest BCUT2D eigenvalue weighted by molar-refractivity contribution is 9.09. The molecule has 2 nitrogen and oxygen atoms in total. The molecule has 0 fully saturated rings. The first kappa shape index (κ1) is 13.7. The smallest absolute Gasteiger partial charge is 0.356 e. The van der Waals surface area contributed by atoms with Gasteiger partial charge in [-0.2, -0.15) is 13.2 Å². The zero-order chi connectivity index (χ0) is 11.2. The summed E-state index contributed by atoms with van der Waals surface area (Å²) in [6.45, 7) is 2.29. The number of carbonyl (C=O) groups is 1. The fraction of sp³-hybridized carbons (Fsp3) is 0.875. The third kappa shape index (κ3) is 8.34. The topological polar surface area (TPSA) is 29.1 Å². The number of nitrogens with one attached hydrogen (secondary N) is 1. The molecule has 6 heteroatoms. The van der Waals surface area contributed by atoms with Crippen molar-refractivity contribution in [3.8, 4) is 0 Å². The Morgan fingerprint density at radius 1 is 1.50 bits per heavy atom. The summed E-state index contributed by atoms with van der Waals surface area (Å²) in [6.07, 6.45) is -5.79. The van der Waals surface area contributed by atoms with Crippen LogP contribution in [0.2, 0.25) is 0 Å². The minimum absolute atomic E-state index is 0.227. The van der Waals surface area contributed by atoms with E-state index in [0.29, 0.717) is 11.9 Å². The van der Waals surface area contributed by atoms with Crippen molar-refractivity contribution in [1.29, 1.82) is 0 Å². The van der Waals surface area contributed by atoms with Gasteiger partial charge in [0.15, 0.2) is 0 Å². The zero-order valence-electron chi connectivity index (χ0n) is 7.83. The quantitative estimate of drug-likeness (QED) is 0.768. The Balaban J connectivity index is 3.57. The number of carbonyl (C=O) groups excluding carboxylic acids is 1. The monoisotopic (exact) mass is 275 g/mol. The van der Waals surface area contributed by atoms with E-state index in [2.05, 4.69) is 21.2 Å². The molecule has 1 amide bonds. The van der Waals surface area contributed by atoms with E-state index in [0.717, 1.165) is 0 Å². The maximum absolute atomic E-state index is 11.7. The Bertz CT molecular complexity index is 184. The van der Waals surface area contributed by atoms with E-state index in [1.165, 1.54) is 0 Å². The number of hydrogen-bond acceptors (Lipinski definition) is 1. The van der Waals surface area contributed by atoms with Crippen molar-refractivity contribution in [2.45, 2.75) is 25.9 Å². The first-order valence-corrected chi connectivity index (χ1v) is 5.36. The Kier molecular flexibility index (Phi) is 6.15. The second-order valence-electron chi connectivity index (χ2n) is 3.18. The summed E-state index contributed by atoms with van der Waals surface area (Å²) in [5.41, 5.74) is 0. The fourth-order valence-corrected chi connectivity index (χ4v) is 0.915. The molecule has 0 saturated heterocycles. The molecule has 0 spiro atoms. The van der Waals surface area contributed by atoms with Crippen molar-refractivity contribution >= 4 is 21.8 Å². The van der Waals surface area contributed by atoms with Crippen molar-refractivity contribution in [1.82, 2.24) is 5.32 Å². The summed E-state index contributed by atoms with van der Waals surface area (Å²) < 4.78 is 35.1. The molecule has 0 bridgehead atoms. The van der Waals surface area contributed by atoms with Crippen LogP contribution in [-0.2, 0) is 4.79 Å². The predicted molar refractivity (Wildman–Crippen MR) is 51.3 cm³/mol. The van der Waals surface area contributed by atoms with Gasteiger partial charge in [0, 0.05) is 18.3 Å². The van der Waals surface area contributed by atoms with Gasteiger partial charge in [-0.1, -0.05) is 22.9 Å². The highest BCUT2D eigenvalue weighted by Crippen LogP contribution is 2.20. The van der Waals surface area contributed by atoms with Crippen molar-refractivity contribution in [2.75, 3.05) is 11.9 Å². The van der Waals surface area contributed by atoms with Gasteiger partial charge in [-0.3, -0.25) is 4.79 Å². The lowest BCUT2D eigenvalue weighted by Crippen LogP contribution is -2.29. The van der Waals surface area contributed by atoms with Gasteiger partial charge in [-0.05, 0) is 5.92 Å². The number of hydrogen-bond donors (Lipinski definition) is 1. The van der Waals surface area contributed by atoms with Crippen LogP contribution in [0.3, 0.4) is 0 Å². The highest BCUT2D eigenvalue weighted by Gasteiger charge is 2.27. The van der Waals surface area contributed by atoms with Gasteiger partial charge in [-0.25, -0.2) is 0 Å². The SMILES string of the molecule is CC(CBr)CNC(=O)CCC(F)(F)F. The number of halogens is 4. The van der Waals surface area contributed by atoms with Gasteiger partial charge in [0.05, 0.1) is 6.42 Å². The van der Waals surface area contributed by atoms with Gasteiger partial charge in [-0.15, -0.1) is 0 Å². The summed E-state index contributed by atoms with van der Waals surface area (Å²) in [4.78, 5) is 10.9. The average molecular weight is 276 g/mol. The van der Waals surface area contributed by atoms with Gasteiger partial charge < -0.3 is 5.32 Å². The maximum Gasteiger partial charge on any atom is 0.389 e. The average Bonchev–Trinajstić information content (AvgIpc) is 2.09. The first-order chi connectivity index (χ1) is 6.35. The molecule has 1 atom stereocenters. The Morgan fingerprint density at radius 3 is 2.50 bits per heavy atom. The largest absolute Gasteiger partial charge is 0.389 e. The van der Waals surface area contributed by atoms with Crippen LogP contribution in [0.25, 0.3) is 0 Å². The Labute approximate surface area is 89.4 Å². The lowest BCUT2D eigenvalue weighted by Gasteiger charge is -2.10. The predicted octanol–water partition coefficient (Wildman–Crippen LogP) is 2.48. The van der Waals surface area contributed by atoms with Crippen molar-refractivity contribution in [3.05, 3.63) is 0 Å². The molecule has 0 radical (unpaired) electrons. The molecular formula is C8H13BrF3NO. The molecule has 0 aromatic rings. The molecule has 1 N–H and O–H groups in total. The van der Waals surface area contributed by atoms with Crippen molar-refractivity contribution < 1.29 is 18.0 Å². The molecule has 0 aliphatic carbocycles. The van der Waals surface area contributed by atoms with Crippen LogP contribution in [0.1, 0.15) is 19.8 Å². The van der Waals surface area contributed by atoms with E-state index in [4.69, 9.17) is 0 Å². The molecule has 0 rings (SSSR count). The lowest BCUT2D eigenvalue weighted by atomic mass is 10.2. The second kappa shape index (κ2) is 6.27. The molecular weight excluding hydrogens is 263 g/mol. The van der Waals surface area contributed by atoms with Crippen molar-refractivity contribution in [3.63, 3.8) is 0 Å². The van der Waals surface area contributed by atoms with Crippen LogP contribution in [0.4, 0.5) is 13.2 Å². The van der Waals surface area contributed by atoms with E-state index in [1.54, 1.807) is 0 Å². The zero-order valence-corrected chi connectivity index (χ0v) is 9.41. The summed E-state index contributed by atoms with van der Waals surface area (Å²) in [5, 5.41) is 3.15. The number of amides is 1. The molecule has 0 aliphatic rings. The fourth-order valence-electron chi connectivity index (χ4n) is 0.686. The molecule has 0 aliphatic heterocycles. The van der Waals surface area contributed by atoms with E-state index in [-0.39, 0.29) is 5.92 Å². The maximum atomic E-state index is 11.7. The summed E-state index contributed by atoms with van der Waals surface area (Å²) in [7, 11) is 0. The highest BCUT2D eigenvalue weighted by atomic mass is 79.9. The van der Waals surface area contributed by atoms with E-state index < -0.39 is 24.9 Å². The Hall–Kier alpha value is -0.260. The summed E-state index contributed by atoms with van der Waals surface area (Å²) in [5.74, 6) is -0.319. The van der Waals surface area contributed by atoms with Gasteiger partial charge in [0.25, 0.3) is 0 Å². The summed E-state index contributed by atoms with van der Waals surface area (Å²) >= 11 is 3.20. The third-order valence-corrected chi connectivity index (χ3v) is 2.65. The molecule has 14 heavy (non-hydrogen) atoms. The van der Waals surface area contributed by atoms with Gasteiger partial charge >= 0.3 is 6.18 Å². The van der Waals surface area contributed by atoms with Crippen LogP contribution in [0, 0.1) is 5.92 Å². The number of alkyl halides is 4. The molecule has 0 saturated carbocycles. The van der Waals surface area contributed by atoms with Crippen LogP contribution in [-0.4, -0.2) is 24.0 Å². The van der Waals surface area contributed by atoms with Crippen LogP contribution < -0.4 is 5.32 Å².